The highest BCUT2D eigenvalue weighted by Crippen LogP contribution is 2.07. The van der Waals surface area contributed by atoms with Crippen molar-refractivity contribution in [1.29, 1.82) is 0 Å². The number of aryl methyl sites for hydroxylation is 1. The van der Waals surface area contributed by atoms with Gasteiger partial charge in [0.15, 0.2) is 0 Å². The molecule has 2 rings (SSSR count). The maximum absolute atomic E-state index is 11.9. The molecule has 2 aromatic rings. The first-order valence-corrected chi connectivity index (χ1v) is 5.85. The Morgan fingerprint density at radius 2 is 2.22 bits per heavy atom. The van der Waals surface area contributed by atoms with Crippen LogP contribution < -0.4 is 5.32 Å². The van der Waals surface area contributed by atoms with Gasteiger partial charge in [-0.1, -0.05) is 24.3 Å². The molecule has 0 saturated carbocycles. The summed E-state index contributed by atoms with van der Waals surface area (Å²) in [6.07, 6.45) is 2.96. The van der Waals surface area contributed by atoms with Crippen LogP contribution >= 0.6 is 0 Å². The Kier molecular flexibility index (Phi) is 3.72. The number of nitrogens with zero attached hydrogens (tertiary/aromatic N) is 3. The smallest absolute Gasteiger partial charge is 0.244 e. The second-order valence-corrected chi connectivity index (χ2v) is 4.20. The van der Waals surface area contributed by atoms with Crippen molar-refractivity contribution >= 4 is 5.91 Å². The summed E-state index contributed by atoms with van der Waals surface area (Å²) < 4.78 is 1.53. The average Bonchev–Trinajstić information content (AvgIpc) is 2.90. The van der Waals surface area contributed by atoms with Crippen LogP contribution in [0.3, 0.4) is 0 Å². The first-order chi connectivity index (χ1) is 8.68. The van der Waals surface area contributed by atoms with E-state index in [9.17, 15) is 4.79 Å². The maximum Gasteiger partial charge on any atom is 0.244 e. The molecule has 5 heteroatoms. The van der Waals surface area contributed by atoms with Crippen molar-refractivity contribution in [3.05, 3.63) is 48.0 Å². The third-order valence-corrected chi connectivity index (χ3v) is 2.93. The van der Waals surface area contributed by atoms with Crippen LogP contribution in [0.15, 0.2) is 36.9 Å². The molecule has 0 aliphatic carbocycles. The lowest BCUT2D eigenvalue weighted by Crippen LogP contribution is -2.31. The number of hydrogen-bond acceptors (Lipinski definition) is 3. The van der Waals surface area contributed by atoms with Crippen molar-refractivity contribution in [2.45, 2.75) is 26.4 Å². The molecule has 1 heterocycles. The third-order valence-electron chi connectivity index (χ3n) is 2.93. The van der Waals surface area contributed by atoms with Gasteiger partial charge in [0.1, 0.15) is 18.7 Å². The van der Waals surface area contributed by atoms with Gasteiger partial charge in [-0.25, -0.2) is 9.67 Å². The van der Waals surface area contributed by atoms with Crippen LogP contribution in [0.25, 0.3) is 0 Å². The number of aromatic nitrogens is 3. The fraction of sp³-hybridized carbons (Fsp3) is 0.308. The van der Waals surface area contributed by atoms with Gasteiger partial charge < -0.3 is 5.32 Å². The topological polar surface area (TPSA) is 59.8 Å². The molecule has 0 spiro atoms. The number of hydrogen-bond donors (Lipinski definition) is 1. The summed E-state index contributed by atoms with van der Waals surface area (Å²) in [5.41, 5.74) is 2.29. The second kappa shape index (κ2) is 5.44. The first kappa shape index (κ1) is 12.3. The number of carbonyl (C=O) groups excluding carboxylic acids is 1. The van der Waals surface area contributed by atoms with E-state index in [0.717, 1.165) is 5.56 Å². The van der Waals surface area contributed by atoms with Gasteiger partial charge in [0.2, 0.25) is 5.91 Å². The van der Waals surface area contributed by atoms with Crippen molar-refractivity contribution < 1.29 is 4.79 Å². The van der Waals surface area contributed by atoms with Gasteiger partial charge >= 0.3 is 0 Å². The van der Waals surface area contributed by atoms with Crippen LogP contribution in [0.4, 0.5) is 0 Å². The van der Waals surface area contributed by atoms with Crippen molar-refractivity contribution in [2.75, 3.05) is 0 Å². The van der Waals surface area contributed by atoms with Crippen molar-refractivity contribution in [2.24, 2.45) is 0 Å². The van der Waals surface area contributed by atoms with Gasteiger partial charge in [0.25, 0.3) is 0 Å². The molecule has 1 atom stereocenters. The zero-order valence-electron chi connectivity index (χ0n) is 10.5. The summed E-state index contributed by atoms with van der Waals surface area (Å²) >= 11 is 0. The van der Waals surface area contributed by atoms with E-state index in [0.29, 0.717) is 6.54 Å². The minimum Gasteiger partial charge on any atom is -0.350 e. The highest BCUT2D eigenvalue weighted by molar-refractivity contribution is 5.79. The summed E-state index contributed by atoms with van der Waals surface area (Å²) in [5.74, 6) is -0.0660. The molecule has 0 aliphatic heterocycles. The van der Waals surface area contributed by atoms with Crippen LogP contribution in [0.5, 0.6) is 0 Å². The zero-order chi connectivity index (χ0) is 13.0. The minimum atomic E-state index is -0.350. The van der Waals surface area contributed by atoms with E-state index in [2.05, 4.69) is 15.4 Å². The monoisotopic (exact) mass is 244 g/mol. The lowest BCUT2D eigenvalue weighted by Gasteiger charge is -2.13. The van der Waals surface area contributed by atoms with E-state index in [1.807, 2.05) is 31.2 Å². The molecule has 5 nitrogen and oxygen atoms in total. The maximum atomic E-state index is 11.9. The standard InChI is InChI=1S/C13H16N4O/c1-10-5-3-4-6-12(10)7-15-13(18)11(2)17-9-14-8-16-17/h3-6,8-9,11H,7H2,1-2H3,(H,15,18). The lowest BCUT2D eigenvalue weighted by atomic mass is 10.1. The molecular weight excluding hydrogens is 228 g/mol. The fourth-order valence-electron chi connectivity index (χ4n) is 1.68. The predicted molar refractivity (Wildman–Crippen MR) is 67.8 cm³/mol. The molecule has 0 fully saturated rings. The highest BCUT2D eigenvalue weighted by atomic mass is 16.2. The van der Waals surface area contributed by atoms with Gasteiger partial charge in [-0.05, 0) is 25.0 Å². The Balaban J connectivity index is 1.95. The molecule has 1 unspecified atom stereocenters. The third kappa shape index (κ3) is 2.74. The molecule has 1 N–H and O–H groups in total. The van der Waals surface area contributed by atoms with E-state index in [-0.39, 0.29) is 11.9 Å². The number of amides is 1. The molecule has 1 aromatic carbocycles. The average molecular weight is 244 g/mol. The molecule has 18 heavy (non-hydrogen) atoms. The Hall–Kier alpha value is -2.17. The van der Waals surface area contributed by atoms with Crippen LogP contribution in [-0.4, -0.2) is 20.7 Å². The number of benzene rings is 1. The summed E-state index contributed by atoms with van der Waals surface area (Å²) in [5, 5.41) is 6.85. The van der Waals surface area contributed by atoms with Gasteiger partial charge in [0, 0.05) is 6.54 Å². The van der Waals surface area contributed by atoms with Gasteiger partial charge in [-0.15, -0.1) is 0 Å². The normalized spacial score (nSPS) is 12.1. The van der Waals surface area contributed by atoms with Crippen molar-refractivity contribution in [1.82, 2.24) is 20.1 Å². The molecule has 0 saturated heterocycles. The fourth-order valence-corrected chi connectivity index (χ4v) is 1.68. The molecule has 0 aliphatic rings. The van der Waals surface area contributed by atoms with Gasteiger partial charge in [-0.3, -0.25) is 4.79 Å². The quantitative estimate of drug-likeness (QED) is 0.885. The number of nitrogens with one attached hydrogen (secondary N) is 1. The molecule has 94 valence electrons. The molecule has 1 aromatic heterocycles. The number of carbonyl (C=O) groups is 1. The Bertz CT molecular complexity index is 522. The van der Waals surface area contributed by atoms with E-state index in [1.54, 1.807) is 6.92 Å². The SMILES string of the molecule is Cc1ccccc1CNC(=O)C(C)n1cncn1. The molecule has 0 radical (unpaired) electrons. The molecular formula is C13H16N4O. The Morgan fingerprint density at radius 3 is 2.89 bits per heavy atom. The Morgan fingerprint density at radius 1 is 1.44 bits per heavy atom. The highest BCUT2D eigenvalue weighted by Gasteiger charge is 2.14. The predicted octanol–water partition coefficient (Wildman–Crippen LogP) is 1.46. The van der Waals surface area contributed by atoms with Crippen LogP contribution in [-0.2, 0) is 11.3 Å². The van der Waals surface area contributed by atoms with Crippen molar-refractivity contribution in [3.8, 4) is 0 Å². The van der Waals surface area contributed by atoms with E-state index in [4.69, 9.17) is 0 Å². The summed E-state index contributed by atoms with van der Waals surface area (Å²) in [6, 6.07) is 7.64. The van der Waals surface area contributed by atoms with E-state index < -0.39 is 0 Å². The van der Waals surface area contributed by atoms with E-state index >= 15 is 0 Å². The van der Waals surface area contributed by atoms with Gasteiger partial charge in [0.05, 0.1) is 0 Å². The van der Waals surface area contributed by atoms with Crippen LogP contribution in [0.2, 0.25) is 0 Å². The van der Waals surface area contributed by atoms with Crippen LogP contribution in [0.1, 0.15) is 24.1 Å². The van der Waals surface area contributed by atoms with Crippen LogP contribution in [0, 0.1) is 6.92 Å². The zero-order valence-corrected chi connectivity index (χ0v) is 10.5. The minimum absolute atomic E-state index is 0.0660. The summed E-state index contributed by atoms with van der Waals surface area (Å²) in [4.78, 5) is 15.8. The largest absolute Gasteiger partial charge is 0.350 e. The lowest BCUT2D eigenvalue weighted by molar-refractivity contribution is -0.124. The summed E-state index contributed by atoms with van der Waals surface area (Å²) in [6.45, 7) is 4.36. The Labute approximate surface area is 106 Å². The molecule has 0 bridgehead atoms. The van der Waals surface area contributed by atoms with Gasteiger partial charge in [-0.2, -0.15) is 5.10 Å². The summed E-state index contributed by atoms with van der Waals surface area (Å²) in [7, 11) is 0. The second-order valence-electron chi connectivity index (χ2n) is 4.20. The number of rotatable bonds is 4. The van der Waals surface area contributed by atoms with Crippen molar-refractivity contribution in [3.63, 3.8) is 0 Å². The van der Waals surface area contributed by atoms with E-state index in [1.165, 1.54) is 22.9 Å². The first-order valence-electron chi connectivity index (χ1n) is 5.85. The molecule has 1 amide bonds.